The number of unbranched alkanes of at least 4 members (excludes halogenated alkanes) is 1. The molecule has 2 aromatic carbocycles. The van der Waals surface area contributed by atoms with Gasteiger partial charge in [0.05, 0.1) is 17.6 Å². The number of halogens is 1. The van der Waals surface area contributed by atoms with Crippen molar-refractivity contribution in [2.24, 2.45) is 0 Å². The predicted octanol–water partition coefficient (Wildman–Crippen LogP) is 5.42. The van der Waals surface area contributed by atoms with Crippen LogP contribution in [0.25, 0.3) is 11.0 Å². The molecule has 1 heterocycles. The molecule has 3 rings (SSSR count). The van der Waals surface area contributed by atoms with Gasteiger partial charge in [0.25, 0.3) is 0 Å². The van der Waals surface area contributed by atoms with Crippen LogP contribution in [0.2, 0.25) is 5.02 Å². The fourth-order valence-corrected chi connectivity index (χ4v) is 3.20. The van der Waals surface area contributed by atoms with Crippen molar-refractivity contribution in [1.29, 1.82) is 0 Å². The molecule has 4 heteroatoms. The number of ether oxygens (including phenoxy) is 1. The third kappa shape index (κ3) is 3.73. The Bertz CT molecular complexity index is 826. The SMILES string of the molecule is CCc1nc2ccccc2n1CCCCOc1ccc(Cl)cc1C. The van der Waals surface area contributed by atoms with E-state index < -0.39 is 0 Å². The molecule has 0 radical (unpaired) electrons. The lowest BCUT2D eigenvalue weighted by molar-refractivity contribution is 0.301. The van der Waals surface area contributed by atoms with Crippen LogP contribution >= 0.6 is 11.6 Å². The minimum absolute atomic E-state index is 0.719. The Labute approximate surface area is 148 Å². The number of nitrogens with zero attached hydrogens (tertiary/aromatic N) is 2. The lowest BCUT2D eigenvalue weighted by Gasteiger charge is -2.11. The number of imidazole rings is 1. The largest absolute Gasteiger partial charge is 0.493 e. The van der Waals surface area contributed by atoms with E-state index in [-0.39, 0.29) is 0 Å². The number of fused-ring (bicyclic) bond motifs is 1. The highest BCUT2D eigenvalue weighted by Gasteiger charge is 2.08. The summed E-state index contributed by atoms with van der Waals surface area (Å²) in [4.78, 5) is 4.72. The van der Waals surface area contributed by atoms with Gasteiger partial charge in [-0.2, -0.15) is 0 Å². The molecule has 0 aliphatic rings. The zero-order chi connectivity index (χ0) is 16.9. The number of aryl methyl sites for hydroxylation is 3. The maximum atomic E-state index is 5.97. The summed E-state index contributed by atoms with van der Waals surface area (Å²) >= 11 is 5.97. The molecular formula is C20H23ClN2O. The molecule has 24 heavy (non-hydrogen) atoms. The van der Waals surface area contributed by atoms with Gasteiger partial charge in [-0.3, -0.25) is 0 Å². The molecule has 3 aromatic rings. The van der Waals surface area contributed by atoms with E-state index in [9.17, 15) is 0 Å². The van der Waals surface area contributed by atoms with Gasteiger partial charge in [0.1, 0.15) is 11.6 Å². The van der Waals surface area contributed by atoms with Crippen LogP contribution < -0.4 is 4.74 Å². The molecule has 1 aromatic heterocycles. The molecule has 0 atom stereocenters. The van der Waals surface area contributed by atoms with E-state index in [2.05, 4.69) is 29.7 Å². The third-order valence-corrected chi connectivity index (χ3v) is 4.46. The lowest BCUT2D eigenvalue weighted by Crippen LogP contribution is -2.05. The highest BCUT2D eigenvalue weighted by Crippen LogP contribution is 2.22. The highest BCUT2D eigenvalue weighted by molar-refractivity contribution is 6.30. The summed E-state index contributed by atoms with van der Waals surface area (Å²) in [7, 11) is 0. The van der Waals surface area contributed by atoms with Gasteiger partial charge in [-0.1, -0.05) is 30.7 Å². The number of hydrogen-bond donors (Lipinski definition) is 0. The Morgan fingerprint density at radius 3 is 2.75 bits per heavy atom. The van der Waals surface area contributed by atoms with Crippen LogP contribution in [0.4, 0.5) is 0 Å². The smallest absolute Gasteiger partial charge is 0.122 e. The Hall–Kier alpha value is -2.00. The second-order valence-corrected chi connectivity index (χ2v) is 6.42. The zero-order valence-corrected chi connectivity index (χ0v) is 15.0. The fourth-order valence-electron chi connectivity index (χ4n) is 2.97. The topological polar surface area (TPSA) is 27.1 Å². The second-order valence-electron chi connectivity index (χ2n) is 5.99. The molecule has 0 saturated heterocycles. The summed E-state index contributed by atoms with van der Waals surface area (Å²) in [5.74, 6) is 2.08. The maximum Gasteiger partial charge on any atom is 0.122 e. The van der Waals surface area contributed by atoms with Gasteiger partial charge >= 0.3 is 0 Å². The number of rotatable bonds is 7. The Morgan fingerprint density at radius 1 is 1.12 bits per heavy atom. The van der Waals surface area contributed by atoms with E-state index in [1.54, 1.807) is 0 Å². The van der Waals surface area contributed by atoms with Crippen LogP contribution in [0.15, 0.2) is 42.5 Å². The van der Waals surface area contributed by atoms with Gasteiger partial charge in [0, 0.05) is 18.0 Å². The van der Waals surface area contributed by atoms with E-state index in [0.29, 0.717) is 0 Å². The summed E-state index contributed by atoms with van der Waals surface area (Å²) in [5.41, 5.74) is 3.39. The Morgan fingerprint density at radius 2 is 1.96 bits per heavy atom. The summed E-state index contributed by atoms with van der Waals surface area (Å²) in [6, 6.07) is 14.1. The van der Waals surface area contributed by atoms with Crippen LogP contribution in [-0.4, -0.2) is 16.2 Å². The van der Waals surface area contributed by atoms with Crippen LogP contribution in [0.5, 0.6) is 5.75 Å². The molecular weight excluding hydrogens is 320 g/mol. The van der Waals surface area contributed by atoms with Crippen LogP contribution in [-0.2, 0) is 13.0 Å². The van der Waals surface area contributed by atoms with Crippen molar-refractivity contribution in [2.75, 3.05) is 6.61 Å². The molecule has 3 nitrogen and oxygen atoms in total. The number of para-hydroxylation sites is 2. The summed E-state index contributed by atoms with van der Waals surface area (Å²) in [6.07, 6.45) is 3.03. The van der Waals surface area contributed by atoms with Crippen LogP contribution in [0, 0.1) is 6.92 Å². The predicted molar refractivity (Wildman–Crippen MR) is 100 cm³/mol. The highest BCUT2D eigenvalue weighted by atomic mass is 35.5. The summed E-state index contributed by atoms with van der Waals surface area (Å²) < 4.78 is 8.21. The van der Waals surface area contributed by atoms with Gasteiger partial charge in [0.15, 0.2) is 0 Å². The molecule has 0 amide bonds. The van der Waals surface area contributed by atoms with Gasteiger partial charge in [0.2, 0.25) is 0 Å². The molecule has 126 valence electrons. The van der Waals surface area contributed by atoms with E-state index >= 15 is 0 Å². The van der Waals surface area contributed by atoms with E-state index in [0.717, 1.165) is 60.1 Å². The van der Waals surface area contributed by atoms with Gasteiger partial charge in [-0.25, -0.2) is 4.98 Å². The van der Waals surface area contributed by atoms with Gasteiger partial charge < -0.3 is 9.30 Å². The van der Waals surface area contributed by atoms with Crippen LogP contribution in [0.3, 0.4) is 0 Å². The first-order valence-electron chi connectivity index (χ1n) is 8.52. The number of benzene rings is 2. The first-order valence-corrected chi connectivity index (χ1v) is 8.90. The van der Waals surface area contributed by atoms with Gasteiger partial charge in [-0.05, 0) is 55.7 Å². The first kappa shape index (κ1) is 16.8. The normalized spacial score (nSPS) is 11.1. The average molecular weight is 343 g/mol. The molecule has 0 unspecified atom stereocenters. The van der Waals surface area contributed by atoms with Crippen molar-refractivity contribution in [3.63, 3.8) is 0 Å². The average Bonchev–Trinajstić information content (AvgIpc) is 2.94. The minimum atomic E-state index is 0.719. The van der Waals surface area contributed by atoms with Gasteiger partial charge in [-0.15, -0.1) is 0 Å². The quantitative estimate of drug-likeness (QED) is 0.536. The first-order chi connectivity index (χ1) is 11.7. The van der Waals surface area contributed by atoms with Crippen molar-refractivity contribution < 1.29 is 4.74 Å². The molecule has 0 aliphatic carbocycles. The van der Waals surface area contributed by atoms with Crippen molar-refractivity contribution >= 4 is 22.6 Å². The number of hydrogen-bond acceptors (Lipinski definition) is 2. The monoisotopic (exact) mass is 342 g/mol. The van der Waals surface area contributed by atoms with Crippen molar-refractivity contribution in [2.45, 2.75) is 39.7 Å². The van der Waals surface area contributed by atoms with Crippen molar-refractivity contribution in [3.05, 3.63) is 58.9 Å². The fraction of sp³-hybridized carbons (Fsp3) is 0.350. The second kappa shape index (κ2) is 7.71. The standard InChI is InChI=1S/C20H23ClN2O/c1-3-20-22-17-8-4-5-9-18(17)23(20)12-6-7-13-24-19-11-10-16(21)14-15(19)2/h4-5,8-11,14H,3,6-7,12-13H2,1-2H3. The van der Waals surface area contributed by atoms with E-state index in [1.807, 2.05) is 31.2 Å². The molecule has 0 saturated carbocycles. The number of aromatic nitrogens is 2. The van der Waals surface area contributed by atoms with E-state index in [1.165, 1.54) is 5.52 Å². The van der Waals surface area contributed by atoms with Crippen molar-refractivity contribution in [1.82, 2.24) is 9.55 Å². The molecule has 0 aliphatic heterocycles. The van der Waals surface area contributed by atoms with Crippen molar-refractivity contribution in [3.8, 4) is 5.75 Å². The Balaban J connectivity index is 1.55. The van der Waals surface area contributed by atoms with Crippen LogP contribution in [0.1, 0.15) is 31.2 Å². The zero-order valence-electron chi connectivity index (χ0n) is 14.3. The molecule has 0 spiro atoms. The maximum absolute atomic E-state index is 5.97. The van der Waals surface area contributed by atoms with E-state index in [4.69, 9.17) is 21.3 Å². The molecule has 0 fully saturated rings. The minimum Gasteiger partial charge on any atom is -0.493 e. The summed E-state index contributed by atoms with van der Waals surface area (Å²) in [6.45, 7) is 5.87. The summed E-state index contributed by atoms with van der Waals surface area (Å²) in [5, 5.41) is 0.749. The Kier molecular flexibility index (Phi) is 5.41. The third-order valence-electron chi connectivity index (χ3n) is 4.22. The molecule has 0 N–H and O–H groups in total. The lowest BCUT2D eigenvalue weighted by atomic mass is 10.2. The molecule has 0 bridgehead atoms.